The first-order valence-electron chi connectivity index (χ1n) is 5.51. The topological polar surface area (TPSA) is 48.6 Å². The van der Waals surface area contributed by atoms with Crippen LogP contribution in [-0.4, -0.2) is 15.5 Å². The maximum absolute atomic E-state index is 13.0. The summed E-state index contributed by atoms with van der Waals surface area (Å²) in [6.45, 7) is 5.53. The second kappa shape index (κ2) is 4.74. The Bertz CT molecular complexity index is 586. The maximum Gasteiger partial charge on any atom is 0.150 e. The fourth-order valence-corrected chi connectivity index (χ4v) is 1.87. The summed E-state index contributed by atoms with van der Waals surface area (Å²) < 4.78 is 33.7. The molecule has 0 radical (unpaired) electrons. The molecule has 3 nitrogen and oxygen atoms in total. The smallest absolute Gasteiger partial charge is 0.150 e. The Kier molecular flexibility index (Phi) is 3.45. The zero-order valence-electron chi connectivity index (χ0n) is 10.4. The minimum atomic E-state index is -1.33. The van der Waals surface area contributed by atoms with Crippen molar-refractivity contribution in [3.63, 3.8) is 0 Å². The Morgan fingerprint density at radius 2 is 2.06 bits per heavy atom. The zero-order valence-corrected chi connectivity index (χ0v) is 11.3. The molecule has 2 rings (SSSR count). The van der Waals surface area contributed by atoms with Crippen LogP contribution >= 0.6 is 0 Å². The van der Waals surface area contributed by atoms with E-state index in [4.69, 9.17) is 4.42 Å². The molecule has 0 aliphatic heterocycles. The molecule has 0 aliphatic carbocycles. The lowest BCUT2D eigenvalue weighted by Gasteiger charge is -2.17. The van der Waals surface area contributed by atoms with Crippen LogP contribution in [0.2, 0.25) is 0 Å². The van der Waals surface area contributed by atoms with Crippen molar-refractivity contribution in [2.24, 2.45) is 4.40 Å². The molecule has 1 aromatic heterocycles. The third-order valence-corrected chi connectivity index (χ3v) is 3.64. The van der Waals surface area contributed by atoms with Gasteiger partial charge in [0.25, 0.3) is 0 Å². The molecular weight excluding hydrogens is 253 g/mol. The van der Waals surface area contributed by atoms with Crippen LogP contribution in [0, 0.1) is 5.82 Å². The molecule has 0 spiro atoms. The van der Waals surface area contributed by atoms with Gasteiger partial charge in [0.2, 0.25) is 0 Å². The predicted octanol–water partition coefficient (Wildman–Crippen LogP) is 3.45. The SMILES string of the molecule is CC(C)(C)[S+]([O-])/N=C/c1cc2cc(F)ccc2o1. The molecule has 0 saturated carbocycles. The third-order valence-electron chi connectivity index (χ3n) is 2.30. The van der Waals surface area contributed by atoms with Gasteiger partial charge >= 0.3 is 0 Å². The zero-order chi connectivity index (χ0) is 13.3. The minimum Gasteiger partial charge on any atom is -0.591 e. The fraction of sp³-hybridized carbons (Fsp3) is 0.308. The van der Waals surface area contributed by atoms with Crippen LogP contribution in [0.4, 0.5) is 4.39 Å². The van der Waals surface area contributed by atoms with E-state index in [1.807, 2.05) is 20.8 Å². The highest BCUT2D eigenvalue weighted by Crippen LogP contribution is 2.21. The van der Waals surface area contributed by atoms with Gasteiger partial charge in [-0.05, 0) is 45.0 Å². The summed E-state index contributed by atoms with van der Waals surface area (Å²) in [6, 6.07) is 5.95. The van der Waals surface area contributed by atoms with Crippen molar-refractivity contribution in [2.75, 3.05) is 0 Å². The molecule has 0 N–H and O–H groups in total. The summed E-state index contributed by atoms with van der Waals surface area (Å²) >= 11 is -1.33. The summed E-state index contributed by atoms with van der Waals surface area (Å²) in [5.74, 6) is 0.151. The van der Waals surface area contributed by atoms with Crippen molar-refractivity contribution in [1.82, 2.24) is 0 Å². The Labute approximate surface area is 108 Å². The molecule has 0 aliphatic rings. The molecule has 5 heteroatoms. The molecule has 1 heterocycles. The summed E-state index contributed by atoms with van der Waals surface area (Å²) in [7, 11) is 0. The Balaban J connectivity index is 2.25. The second-order valence-electron chi connectivity index (χ2n) is 4.93. The van der Waals surface area contributed by atoms with Crippen LogP contribution in [0.15, 0.2) is 33.1 Å². The highest BCUT2D eigenvalue weighted by molar-refractivity contribution is 7.91. The van der Waals surface area contributed by atoms with Crippen LogP contribution < -0.4 is 0 Å². The quantitative estimate of drug-likeness (QED) is 0.618. The van der Waals surface area contributed by atoms with Gasteiger partial charge in [0, 0.05) is 5.39 Å². The fourth-order valence-electron chi connectivity index (χ4n) is 1.36. The number of rotatable bonds is 2. The largest absolute Gasteiger partial charge is 0.591 e. The van der Waals surface area contributed by atoms with Gasteiger partial charge in [-0.1, -0.05) is 4.40 Å². The van der Waals surface area contributed by atoms with Crippen molar-refractivity contribution in [1.29, 1.82) is 0 Å². The molecule has 96 valence electrons. The van der Waals surface area contributed by atoms with E-state index >= 15 is 0 Å². The van der Waals surface area contributed by atoms with Crippen molar-refractivity contribution in [3.8, 4) is 0 Å². The minimum absolute atomic E-state index is 0.315. The maximum atomic E-state index is 13.0. The lowest BCUT2D eigenvalue weighted by molar-refractivity contribution is 0.561. The average Bonchev–Trinajstić information content (AvgIpc) is 2.66. The summed E-state index contributed by atoms with van der Waals surface area (Å²) in [6.07, 6.45) is 1.42. The van der Waals surface area contributed by atoms with Crippen LogP contribution in [-0.2, 0) is 11.4 Å². The third kappa shape index (κ3) is 2.91. The average molecular weight is 267 g/mol. The molecule has 1 atom stereocenters. The molecule has 0 saturated heterocycles. The van der Waals surface area contributed by atoms with Gasteiger partial charge in [0.05, 0.1) is 0 Å². The summed E-state index contributed by atoms with van der Waals surface area (Å²) in [5, 5.41) is 0.665. The Morgan fingerprint density at radius 1 is 1.33 bits per heavy atom. The highest BCUT2D eigenvalue weighted by Gasteiger charge is 2.25. The molecule has 18 heavy (non-hydrogen) atoms. The van der Waals surface area contributed by atoms with Crippen molar-refractivity contribution in [2.45, 2.75) is 25.5 Å². The van der Waals surface area contributed by atoms with E-state index in [0.717, 1.165) is 0 Å². The standard InChI is InChI=1S/C13H14FNO2S/c1-13(2,3)18(16)15-8-11-7-9-6-10(14)4-5-12(9)17-11/h4-8H,1-3H3/b15-8+. The van der Waals surface area contributed by atoms with Crippen LogP contribution in [0.1, 0.15) is 26.5 Å². The molecule has 2 aromatic rings. The number of fused-ring (bicyclic) bond motifs is 1. The lowest BCUT2D eigenvalue weighted by Crippen LogP contribution is -2.25. The van der Waals surface area contributed by atoms with E-state index in [-0.39, 0.29) is 5.82 Å². The second-order valence-corrected chi connectivity index (χ2v) is 6.86. The van der Waals surface area contributed by atoms with E-state index in [1.54, 1.807) is 12.1 Å². The molecule has 1 unspecified atom stereocenters. The first kappa shape index (κ1) is 13.1. The molecule has 1 aromatic carbocycles. The van der Waals surface area contributed by atoms with Gasteiger partial charge in [-0.15, -0.1) is 0 Å². The monoisotopic (exact) mass is 267 g/mol. The van der Waals surface area contributed by atoms with Gasteiger partial charge in [-0.2, -0.15) is 0 Å². The van der Waals surface area contributed by atoms with E-state index in [1.165, 1.54) is 18.3 Å². The van der Waals surface area contributed by atoms with E-state index < -0.39 is 16.1 Å². The summed E-state index contributed by atoms with van der Waals surface area (Å²) in [5.41, 5.74) is 0.583. The van der Waals surface area contributed by atoms with E-state index in [2.05, 4.69) is 4.40 Å². The Hall–Kier alpha value is -1.33. The summed E-state index contributed by atoms with van der Waals surface area (Å²) in [4.78, 5) is 0. The normalized spacial score (nSPS) is 14.5. The first-order chi connectivity index (χ1) is 8.36. The number of halogens is 1. The van der Waals surface area contributed by atoms with E-state index in [9.17, 15) is 8.94 Å². The number of furan rings is 1. The number of hydrogen-bond donors (Lipinski definition) is 0. The van der Waals surface area contributed by atoms with Crippen LogP contribution in [0.3, 0.4) is 0 Å². The first-order valence-corrected chi connectivity index (χ1v) is 6.62. The lowest BCUT2D eigenvalue weighted by atomic mass is 10.2. The predicted molar refractivity (Wildman–Crippen MR) is 71.7 cm³/mol. The van der Waals surface area contributed by atoms with Crippen LogP contribution in [0.25, 0.3) is 11.0 Å². The number of nitrogens with zero attached hydrogens (tertiary/aromatic N) is 1. The van der Waals surface area contributed by atoms with Gasteiger partial charge in [0.15, 0.2) is 5.76 Å². The molecule has 0 amide bonds. The number of benzene rings is 1. The van der Waals surface area contributed by atoms with Crippen molar-refractivity contribution in [3.05, 3.63) is 35.8 Å². The Morgan fingerprint density at radius 3 is 2.72 bits per heavy atom. The molecule has 0 bridgehead atoms. The van der Waals surface area contributed by atoms with Crippen molar-refractivity contribution >= 4 is 28.5 Å². The van der Waals surface area contributed by atoms with Crippen LogP contribution in [0.5, 0.6) is 0 Å². The van der Waals surface area contributed by atoms with Gasteiger partial charge < -0.3 is 8.97 Å². The van der Waals surface area contributed by atoms with E-state index in [0.29, 0.717) is 16.7 Å². The van der Waals surface area contributed by atoms with Gasteiger partial charge in [0.1, 0.15) is 33.7 Å². The molecule has 0 fully saturated rings. The van der Waals surface area contributed by atoms with Gasteiger partial charge in [-0.3, -0.25) is 0 Å². The molecular formula is C13H14FNO2S. The highest BCUT2D eigenvalue weighted by atomic mass is 32.2. The number of hydrogen-bond acceptors (Lipinski definition) is 3. The van der Waals surface area contributed by atoms with Crippen molar-refractivity contribution < 1.29 is 13.4 Å². The van der Waals surface area contributed by atoms with Gasteiger partial charge in [-0.25, -0.2) is 4.39 Å².